The molecule has 0 rings (SSSR count). The normalized spacial score (nSPS) is 13.4. The Hall–Kier alpha value is -0.0300. The highest BCUT2D eigenvalue weighted by atomic mass is 79.9. The molecule has 1 unspecified atom stereocenters. The summed E-state index contributed by atoms with van der Waals surface area (Å²) >= 11 is 3.22. The van der Waals surface area contributed by atoms with E-state index in [-0.39, 0.29) is 4.83 Å². The molecule has 0 saturated heterocycles. The van der Waals surface area contributed by atoms with E-state index in [1.807, 2.05) is 0 Å². The summed E-state index contributed by atoms with van der Waals surface area (Å²) in [5.41, 5.74) is 0. The average Bonchev–Trinajstić information content (AvgIpc) is 1.65. The molecular weight excluding hydrogens is 166 g/mol. The summed E-state index contributed by atoms with van der Waals surface area (Å²) in [4.78, 5) is 0.0440. The minimum absolute atomic E-state index is 0.0440. The number of halogens is 1. The van der Waals surface area contributed by atoms with Crippen LogP contribution in [0.25, 0.3) is 0 Å². The quantitative estimate of drug-likeness (QED) is 0.592. The largest absolute Gasteiger partial charge is 0.197 e. The van der Waals surface area contributed by atoms with Crippen molar-refractivity contribution in [2.24, 2.45) is 5.92 Å². The lowest BCUT2D eigenvalue weighted by molar-refractivity contribution is 0.608. The minimum Gasteiger partial charge on any atom is -0.197 e. The van der Waals surface area contributed by atoms with Crippen molar-refractivity contribution in [1.82, 2.24) is 0 Å². The molecule has 46 valence electrons. The van der Waals surface area contributed by atoms with E-state index < -0.39 is 0 Å². The Balaban J connectivity index is 3.28. The van der Waals surface area contributed by atoms with Gasteiger partial charge in [0.2, 0.25) is 0 Å². The highest BCUT2D eigenvalue weighted by Gasteiger charge is 2.02. The van der Waals surface area contributed by atoms with Gasteiger partial charge >= 0.3 is 0 Å². The number of nitrogens with zero attached hydrogens (tertiary/aromatic N) is 1. The van der Waals surface area contributed by atoms with E-state index in [1.54, 1.807) is 0 Å². The molecule has 0 aliphatic carbocycles. The lowest BCUT2D eigenvalue weighted by Gasteiger charge is -2.01. The summed E-state index contributed by atoms with van der Waals surface area (Å²) in [6.07, 6.45) is 0.941. The van der Waals surface area contributed by atoms with Crippen LogP contribution in [0.1, 0.15) is 20.3 Å². The van der Waals surface area contributed by atoms with E-state index >= 15 is 0 Å². The molecular formula is C6H10BrN. The molecule has 0 fully saturated rings. The molecule has 0 N–H and O–H groups in total. The van der Waals surface area contributed by atoms with Gasteiger partial charge in [0.15, 0.2) is 0 Å². The van der Waals surface area contributed by atoms with E-state index in [2.05, 4.69) is 35.8 Å². The second kappa shape index (κ2) is 3.91. The maximum atomic E-state index is 8.29. The molecule has 0 aromatic heterocycles. The van der Waals surface area contributed by atoms with Crippen LogP contribution in [0.3, 0.4) is 0 Å². The van der Waals surface area contributed by atoms with Crippen LogP contribution >= 0.6 is 15.9 Å². The number of nitriles is 1. The molecule has 0 bridgehead atoms. The Morgan fingerprint density at radius 1 is 1.62 bits per heavy atom. The second-order valence-corrected chi connectivity index (χ2v) is 3.33. The standard InChI is InChI=1S/C6H10BrN/c1-5(2)3-6(7)4-8/h5-6H,3H2,1-2H3. The smallest absolute Gasteiger partial charge is 0.102 e. The number of hydrogen-bond acceptors (Lipinski definition) is 1. The molecule has 0 amide bonds. The van der Waals surface area contributed by atoms with Crippen LogP contribution in [0, 0.1) is 17.2 Å². The zero-order valence-corrected chi connectivity index (χ0v) is 6.77. The fourth-order valence-corrected chi connectivity index (χ4v) is 1.21. The van der Waals surface area contributed by atoms with Gasteiger partial charge in [0.05, 0.1) is 6.07 Å². The predicted molar refractivity (Wildman–Crippen MR) is 37.8 cm³/mol. The highest BCUT2D eigenvalue weighted by Crippen LogP contribution is 2.10. The average molecular weight is 176 g/mol. The first-order valence-electron chi connectivity index (χ1n) is 2.70. The highest BCUT2D eigenvalue weighted by molar-refractivity contribution is 9.09. The summed E-state index contributed by atoms with van der Waals surface area (Å²) in [6.45, 7) is 4.21. The molecule has 1 atom stereocenters. The second-order valence-electron chi connectivity index (χ2n) is 2.23. The first-order valence-corrected chi connectivity index (χ1v) is 3.62. The van der Waals surface area contributed by atoms with Gasteiger partial charge in [-0.1, -0.05) is 29.8 Å². The third-order valence-corrected chi connectivity index (χ3v) is 1.40. The van der Waals surface area contributed by atoms with Gasteiger partial charge in [-0.25, -0.2) is 0 Å². The summed E-state index contributed by atoms with van der Waals surface area (Å²) in [7, 11) is 0. The third-order valence-electron chi connectivity index (χ3n) is 0.818. The zero-order chi connectivity index (χ0) is 6.57. The molecule has 0 heterocycles. The molecule has 0 saturated carbocycles. The van der Waals surface area contributed by atoms with Gasteiger partial charge in [0.1, 0.15) is 4.83 Å². The van der Waals surface area contributed by atoms with Crippen LogP contribution in [-0.2, 0) is 0 Å². The fourth-order valence-electron chi connectivity index (χ4n) is 0.467. The van der Waals surface area contributed by atoms with Gasteiger partial charge in [-0.2, -0.15) is 5.26 Å². The third kappa shape index (κ3) is 4.14. The Labute approximate surface area is 58.8 Å². The van der Waals surface area contributed by atoms with Crippen molar-refractivity contribution in [1.29, 1.82) is 5.26 Å². The molecule has 0 aromatic rings. The molecule has 1 nitrogen and oxygen atoms in total. The lowest BCUT2D eigenvalue weighted by Crippen LogP contribution is -1.98. The summed E-state index contributed by atoms with van der Waals surface area (Å²) in [5.74, 6) is 0.610. The van der Waals surface area contributed by atoms with Crippen LogP contribution in [-0.4, -0.2) is 4.83 Å². The molecule has 0 aliphatic heterocycles. The van der Waals surface area contributed by atoms with E-state index in [9.17, 15) is 0 Å². The SMILES string of the molecule is CC(C)CC(Br)C#N. The molecule has 0 radical (unpaired) electrons. The van der Waals surface area contributed by atoms with E-state index in [0.29, 0.717) is 5.92 Å². The molecule has 2 heteroatoms. The van der Waals surface area contributed by atoms with Crippen LogP contribution in [0.4, 0.5) is 0 Å². The van der Waals surface area contributed by atoms with Crippen molar-refractivity contribution in [3.05, 3.63) is 0 Å². The maximum absolute atomic E-state index is 8.29. The van der Waals surface area contributed by atoms with Crippen LogP contribution < -0.4 is 0 Å². The fraction of sp³-hybridized carbons (Fsp3) is 0.833. The van der Waals surface area contributed by atoms with E-state index in [1.165, 1.54) is 0 Å². The Kier molecular flexibility index (Phi) is 3.90. The van der Waals surface area contributed by atoms with Crippen molar-refractivity contribution in [3.8, 4) is 6.07 Å². The Morgan fingerprint density at radius 3 is 2.25 bits per heavy atom. The summed E-state index contributed by atoms with van der Waals surface area (Å²) < 4.78 is 0. The van der Waals surface area contributed by atoms with E-state index in [4.69, 9.17) is 5.26 Å². The monoisotopic (exact) mass is 175 g/mol. The van der Waals surface area contributed by atoms with Crippen LogP contribution in [0.2, 0.25) is 0 Å². The van der Waals surface area contributed by atoms with Gasteiger partial charge in [-0.15, -0.1) is 0 Å². The molecule has 0 spiro atoms. The van der Waals surface area contributed by atoms with E-state index in [0.717, 1.165) is 6.42 Å². The topological polar surface area (TPSA) is 23.8 Å². The van der Waals surface area contributed by atoms with Crippen molar-refractivity contribution in [2.75, 3.05) is 0 Å². The van der Waals surface area contributed by atoms with Crippen molar-refractivity contribution in [3.63, 3.8) is 0 Å². The van der Waals surface area contributed by atoms with Gasteiger partial charge in [-0.3, -0.25) is 0 Å². The van der Waals surface area contributed by atoms with Gasteiger partial charge in [-0.05, 0) is 12.3 Å². The van der Waals surface area contributed by atoms with Crippen LogP contribution in [0.15, 0.2) is 0 Å². The number of alkyl halides is 1. The predicted octanol–water partition coefficient (Wildman–Crippen LogP) is 2.32. The van der Waals surface area contributed by atoms with Gasteiger partial charge in [0.25, 0.3) is 0 Å². The number of rotatable bonds is 2. The Morgan fingerprint density at radius 2 is 2.12 bits per heavy atom. The Bertz CT molecular complexity index is 93.2. The first-order chi connectivity index (χ1) is 3.66. The molecule has 8 heavy (non-hydrogen) atoms. The first kappa shape index (κ1) is 7.97. The zero-order valence-electron chi connectivity index (χ0n) is 5.19. The molecule has 0 aromatic carbocycles. The summed E-state index contributed by atoms with van der Waals surface area (Å²) in [6, 6.07) is 2.11. The van der Waals surface area contributed by atoms with Crippen molar-refractivity contribution >= 4 is 15.9 Å². The lowest BCUT2D eigenvalue weighted by atomic mass is 10.1. The van der Waals surface area contributed by atoms with Gasteiger partial charge in [0, 0.05) is 0 Å². The van der Waals surface area contributed by atoms with Crippen molar-refractivity contribution in [2.45, 2.75) is 25.1 Å². The minimum atomic E-state index is 0.0440. The maximum Gasteiger partial charge on any atom is 0.102 e. The molecule has 0 aliphatic rings. The number of hydrogen-bond donors (Lipinski definition) is 0. The summed E-state index contributed by atoms with van der Waals surface area (Å²) in [5, 5.41) is 8.29. The van der Waals surface area contributed by atoms with Crippen LogP contribution in [0.5, 0.6) is 0 Å². The van der Waals surface area contributed by atoms with Gasteiger partial charge < -0.3 is 0 Å². The van der Waals surface area contributed by atoms with Crippen molar-refractivity contribution < 1.29 is 0 Å².